The maximum atomic E-state index is 12.5. The highest BCUT2D eigenvalue weighted by Crippen LogP contribution is 2.29. The molecular weight excluding hydrogens is 337 g/mol. The Balaban J connectivity index is 1.86. The summed E-state index contributed by atoms with van der Waals surface area (Å²) in [5.74, 6) is -0.388. The van der Waals surface area contributed by atoms with Crippen LogP contribution in [0.3, 0.4) is 0 Å². The summed E-state index contributed by atoms with van der Waals surface area (Å²) in [6.45, 7) is 0.227. The topological polar surface area (TPSA) is 72.2 Å². The van der Waals surface area contributed by atoms with Crippen molar-refractivity contribution in [1.82, 2.24) is 5.32 Å². The smallest absolute Gasteiger partial charge is 0.355 e. The van der Waals surface area contributed by atoms with Crippen LogP contribution in [-0.2, 0) is 23.8 Å². The number of para-hydroxylation sites is 1. The van der Waals surface area contributed by atoms with E-state index in [0.717, 1.165) is 12.1 Å². The van der Waals surface area contributed by atoms with Crippen LogP contribution >= 0.6 is 0 Å². The van der Waals surface area contributed by atoms with E-state index < -0.39 is 16.7 Å². The number of nitrogens with one attached hydrogen (secondary N) is 1. The first-order valence-corrected chi connectivity index (χ1v) is 7.42. The summed E-state index contributed by atoms with van der Waals surface area (Å²) in [5.41, 5.74) is 0.107. The molecular formula is C17H15F3N2O3. The Morgan fingerprint density at radius 1 is 1.08 bits per heavy atom. The molecule has 0 unspecified atom stereocenters. The third kappa shape index (κ3) is 5.30. The molecule has 0 aliphatic heterocycles. The highest BCUT2D eigenvalue weighted by atomic mass is 19.4. The van der Waals surface area contributed by atoms with Crippen molar-refractivity contribution in [3.63, 3.8) is 0 Å². The van der Waals surface area contributed by atoms with E-state index >= 15 is 0 Å². The van der Waals surface area contributed by atoms with Crippen molar-refractivity contribution in [1.29, 1.82) is 0 Å². The fourth-order valence-electron chi connectivity index (χ4n) is 2.28. The van der Waals surface area contributed by atoms with Gasteiger partial charge in [-0.25, -0.2) is 0 Å². The average Bonchev–Trinajstić information content (AvgIpc) is 2.55. The van der Waals surface area contributed by atoms with Crippen LogP contribution in [0, 0.1) is 10.1 Å². The first-order chi connectivity index (χ1) is 11.8. The van der Waals surface area contributed by atoms with E-state index in [1.807, 2.05) is 0 Å². The standard InChI is InChI=1S/C17H15F3N2O3/c18-17(19,20)14-7-5-12(6-8-14)9-10-21-16(23)11-13-3-1-2-4-15(13)22(24)25/h1-8H,9-11H2,(H,21,23). The van der Waals surface area contributed by atoms with E-state index in [4.69, 9.17) is 0 Å². The molecule has 0 saturated heterocycles. The van der Waals surface area contributed by atoms with Crippen molar-refractivity contribution in [3.05, 3.63) is 75.3 Å². The largest absolute Gasteiger partial charge is 0.416 e. The monoisotopic (exact) mass is 352 g/mol. The van der Waals surface area contributed by atoms with E-state index in [0.29, 0.717) is 17.5 Å². The molecule has 1 amide bonds. The number of amides is 1. The summed E-state index contributed by atoms with van der Waals surface area (Å²) in [4.78, 5) is 22.2. The molecule has 0 aromatic heterocycles. The van der Waals surface area contributed by atoms with E-state index in [1.54, 1.807) is 6.07 Å². The zero-order chi connectivity index (χ0) is 18.4. The molecule has 1 N–H and O–H groups in total. The summed E-state index contributed by atoms with van der Waals surface area (Å²) < 4.78 is 37.4. The van der Waals surface area contributed by atoms with Crippen LogP contribution in [-0.4, -0.2) is 17.4 Å². The van der Waals surface area contributed by atoms with E-state index in [2.05, 4.69) is 5.32 Å². The first kappa shape index (κ1) is 18.4. The minimum atomic E-state index is -4.38. The third-order valence-corrected chi connectivity index (χ3v) is 3.56. The molecule has 132 valence electrons. The molecule has 0 fully saturated rings. The zero-order valence-corrected chi connectivity index (χ0v) is 13.0. The van der Waals surface area contributed by atoms with Crippen LogP contribution in [0.25, 0.3) is 0 Å². The first-order valence-electron chi connectivity index (χ1n) is 7.42. The number of nitro benzene ring substituents is 1. The van der Waals surface area contributed by atoms with Crippen LogP contribution < -0.4 is 5.32 Å². The van der Waals surface area contributed by atoms with Gasteiger partial charge in [-0.05, 0) is 24.1 Å². The van der Waals surface area contributed by atoms with Crippen molar-refractivity contribution in [3.8, 4) is 0 Å². The maximum Gasteiger partial charge on any atom is 0.416 e. The summed E-state index contributed by atoms with van der Waals surface area (Å²) >= 11 is 0. The van der Waals surface area contributed by atoms with Crippen LogP contribution in [0.1, 0.15) is 16.7 Å². The second-order valence-electron chi connectivity index (χ2n) is 5.36. The second kappa shape index (κ2) is 7.78. The molecule has 0 heterocycles. The minimum Gasteiger partial charge on any atom is -0.355 e. The molecule has 8 heteroatoms. The third-order valence-electron chi connectivity index (χ3n) is 3.56. The maximum absolute atomic E-state index is 12.5. The highest BCUT2D eigenvalue weighted by Gasteiger charge is 2.29. The SMILES string of the molecule is O=C(Cc1ccccc1[N+](=O)[O-])NCCc1ccc(C(F)(F)F)cc1. The highest BCUT2D eigenvalue weighted by molar-refractivity contribution is 5.79. The van der Waals surface area contributed by atoms with Crippen LogP contribution in [0.2, 0.25) is 0 Å². The van der Waals surface area contributed by atoms with Gasteiger partial charge in [-0.15, -0.1) is 0 Å². The Bertz CT molecular complexity index is 758. The van der Waals surface area contributed by atoms with Crippen LogP contribution in [0.5, 0.6) is 0 Å². The number of nitrogens with zero attached hydrogens (tertiary/aromatic N) is 1. The lowest BCUT2D eigenvalue weighted by Crippen LogP contribution is -2.27. The van der Waals surface area contributed by atoms with Crippen molar-refractivity contribution >= 4 is 11.6 Å². The fraction of sp³-hybridized carbons (Fsp3) is 0.235. The van der Waals surface area contributed by atoms with Gasteiger partial charge in [0.15, 0.2) is 0 Å². The summed E-state index contributed by atoms with van der Waals surface area (Å²) in [6, 6.07) is 10.7. The Kier molecular flexibility index (Phi) is 5.74. The summed E-state index contributed by atoms with van der Waals surface area (Å²) in [5, 5.41) is 13.5. The Morgan fingerprint density at radius 2 is 1.72 bits per heavy atom. The van der Waals surface area contributed by atoms with Crippen molar-refractivity contribution < 1.29 is 22.9 Å². The second-order valence-corrected chi connectivity index (χ2v) is 5.36. The van der Waals surface area contributed by atoms with Crippen LogP contribution in [0.15, 0.2) is 48.5 Å². The van der Waals surface area contributed by atoms with Gasteiger partial charge in [-0.2, -0.15) is 13.2 Å². The number of rotatable bonds is 6. The van der Waals surface area contributed by atoms with Gasteiger partial charge in [0, 0.05) is 18.2 Å². The predicted octanol–water partition coefficient (Wildman–Crippen LogP) is 3.52. The van der Waals surface area contributed by atoms with E-state index in [1.165, 1.54) is 30.3 Å². The Hall–Kier alpha value is -2.90. The molecule has 0 saturated carbocycles. The Labute approximate surface area is 141 Å². The van der Waals surface area contributed by atoms with Crippen LogP contribution in [0.4, 0.5) is 18.9 Å². The number of alkyl halides is 3. The molecule has 0 bridgehead atoms. The van der Waals surface area contributed by atoms with E-state index in [9.17, 15) is 28.1 Å². The number of carbonyl (C=O) groups is 1. The molecule has 25 heavy (non-hydrogen) atoms. The lowest BCUT2D eigenvalue weighted by molar-refractivity contribution is -0.385. The normalized spacial score (nSPS) is 11.2. The quantitative estimate of drug-likeness (QED) is 0.639. The summed E-state index contributed by atoms with van der Waals surface area (Å²) in [7, 11) is 0. The van der Waals surface area contributed by atoms with Crippen molar-refractivity contribution in [2.75, 3.05) is 6.54 Å². The number of nitro groups is 1. The van der Waals surface area contributed by atoms with Gasteiger partial charge in [0.1, 0.15) is 0 Å². The van der Waals surface area contributed by atoms with Gasteiger partial charge in [0.05, 0.1) is 16.9 Å². The van der Waals surface area contributed by atoms with Gasteiger partial charge < -0.3 is 5.32 Å². The van der Waals surface area contributed by atoms with Gasteiger partial charge in [0.25, 0.3) is 5.69 Å². The zero-order valence-electron chi connectivity index (χ0n) is 13.0. The van der Waals surface area contributed by atoms with Gasteiger partial charge in [0.2, 0.25) is 5.91 Å². The van der Waals surface area contributed by atoms with Gasteiger partial charge in [-0.1, -0.05) is 30.3 Å². The average molecular weight is 352 g/mol. The molecule has 2 rings (SSSR count). The van der Waals surface area contributed by atoms with Crippen molar-refractivity contribution in [2.24, 2.45) is 0 Å². The van der Waals surface area contributed by atoms with Gasteiger partial charge >= 0.3 is 6.18 Å². The number of hydrogen-bond acceptors (Lipinski definition) is 3. The molecule has 0 atom stereocenters. The molecule has 0 aliphatic carbocycles. The van der Waals surface area contributed by atoms with Gasteiger partial charge in [-0.3, -0.25) is 14.9 Å². The van der Waals surface area contributed by atoms with Crippen molar-refractivity contribution in [2.45, 2.75) is 19.0 Å². The summed E-state index contributed by atoms with van der Waals surface area (Å²) in [6.07, 6.45) is -4.15. The molecule has 2 aromatic rings. The molecule has 0 spiro atoms. The number of hydrogen-bond donors (Lipinski definition) is 1. The lowest BCUT2D eigenvalue weighted by Gasteiger charge is -2.08. The fourth-order valence-corrected chi connectivity index (χ4v) is 2.28. The number of carbonyl (C=O) groups excluding carboxylic acids is 1. The minimum absolute atomic E-state index is 0.125. The number of benzene rings is 2. The van der Waals surface area contributed by atoms with E-state index in [-0.39, 0.29) is 24.6 Å². The predicted molar refractivity (Wildman–Crippen MR) is 85.0 cm³/mol. The molecule has 2 aromatic carbocycles. The molecule has 0 radical (unpaired) electrons. The lowest BCUT2D eigenvalue weighted by atomic mass is 10.1. The molecule has 0 aliphatic rings. The number of halogens is 3. The molecule has 5 nitrogen and oxygen atoms in total. The Morgan fingerprint density at radius 3 is 2.32 bits per heavy atom.